The molecule has 1 rings (SSSR count). The van der Waals surface area contributed by atoms with Crippen LogP contribution in [-0.4, -0.2) is 57.9 Å². The summed E-state index contributed by atoms with van der Waals surface area (Å²) in [4.78, 5) is 0. The first kappa shape index (κ1) is 22.3. The zero-order valence-corrected chi connectivity index (χ0v) is 18.8. The van der Waals surface area contributed by atoms with E-state index in [0.717, 1.165) is 49.9 Å². The van der Waals surface area contributed by atoms with Crippen LogP contribution in [0.5, 0.6) is 0 Å². The third kappa shape index (κ3) is 8.79. The first-order valence-corrected chi connectivity index (χ1v) is 11.8. The maximum atomic E-state index is 6.25. The van der Waals surface area contributed by atoms with Crippen molar-refractivity contribution in [3.8, 4) is 0 Å². The maximum Gasteiger partial charge on any atom is 0.197 e. The van der Waals surface area contributed by atoms with Gasteiger partial charge in [-0.05, 0) is 37.4 Å². The van der Waals surface area contributed by atoms with E-state index < -0.39 is 8.32 Å². The molecular weight excluding hydrogens is 312 g/mol. The molecule has 0 aromatic carbocycles. The lowest BCUT2D eigenvalue weighted by Gasteiger charge is -2.38. The lowest BCUT2D eigenvalue weighted by atomic mass is 10.5. The molecule has 1 unspecified atom stereocenters. The molecular formula is C16H38O4Si2. The van der Waals surface area contributed by atoms with Gasteiger partial charge in [-0.25, -0.2) is 0 Å². The normalized spacial score (nSPS) is 17.7. The number of hydrogen-bond donors (Lipinski definition) is 0. The molecule has 6 heteroatoms. The summed E-state index contributed by atoms with van der Waals surface area (Å²) < 4.78 is 21.7. The molecule has 1 heterocycles. The quantitative estimate of drug-likeness (QED) is 0.326. The summed E-state index contributed by atoms with van der Waals surface area (Å²) in [6.45, 7) is 17.6. The van der Waals surface area contributed by atoms with Crippen LogP contribution in [0.1, 0.15) is 48.0 Å². The largest absolute Gasteiger partial charge is 0.428 e. The highest BCUT2D eigenvalue weighted by atomic mass is 28.4. The summed E-state index contributed by atoms with van der Waals surface area (Å²) >= 11 is 0. The van der Waals surface area contributed by atoms with Crippen LogP contribution in [0, 0.1) is 0 Å². The van der Waals surface area contributed by atoms with E-state index in [1.54, 1.807) is 0 Å². The summed E-state index contributed by atoms with van der Waals surface area (Å²) in [5.41, 5.74) is 1.34. The van der Waals surface area contributed by atoms with Gasteiger partial charge in [0.05, 0.1) is 13.2 Å². The van der Waals surface area contributed by atoms with E-state index >= 15 is 0 Å². The molecule has 0 radical (unpaired) electrons. The van der Waals surface area contributed by atoms with Gasteiger partial charge in [0.25, 0.3) is 0 Å². The van der Waals surface area contributed by atoms with Gasteiger partial charge in [-0.2, -0.15) is 0 Å². The van der Waals surface area contributed by atoms with Crippen LogP contribution in [0.3, 0.4) is 0 Å². The lowest BCUT2D eigenvalue weighted by molar-refractivity contribution is 0.116. The monoisotopic (exact) mass is 350 g/mol. The Bertz CT molecular complexity index is 249. The summed E-state index contributed by atoms with van der Waals surface area (Å²) in [6.07, 6.45) is 1.50. The highest BCUT2D eigenvalue weighted by molar-refractivity contribution is 6.76. The Morgan fingerprint density at radius 1 is 1.14 bits per heavy atom. The van der Waals surface area contributed by atoms with Crippen LogP contribution in [0.4, 0.5) is 0 Å². The van der Waals surface area contributed by atoms with Gasteiger partial charge in [-0.15, -0.1) is 0 Å². The molecule has 0 bridgehead atoms. The molecule has 0 aliphatic carbocycles. The summed E-state index contributed by atoms with van der Waals surface area (Å²) in [6, 6.07) is 1.21. The Kier molecular flexibility index (Phi) is 12.8. The van der Waals surface area contributed by atoms with E-state index in [2.05, 4.69) is 39.0 Å². The van der Waals surface area contributed by atoms with Crippen molar-refractivity contribution < 1.29 is 18.3 Å². The van der Waals surface area contributed by atoms with Crippen molar-refractivity contribution in [2.24, 2.45) is 0 Å². The highest BCUT2D eigenvalue weighted by Gasteiger charge is 2.41. The van der Waals surface area contributed by atoms with E-state index in [1.165, 1.54) is 6.04 Å². The summed E-state index contributed by atoms with van der Waals surface area (Å²) in [7, 11) is -0.733. The second-order valence-electron chi connectivity index (χ2n) is 6.41. The molecule has 0 amide bonds. The molecule has 4 nitrogen and oxygen atoms in total. The fourth-order valence-electron chi connectivity index (χ4n) is 2.75. The van der Waals surface area contributed by atoms with Crippen LogP contribution in [-0.2, 0) is 18.3 Å². The molecule has 1 saturated heterocycles. The Balaban J connectivity index is 0.000000980. The second-order valence-corrected chi connectivity index (χ2v) is 12.0. The van der Waals surface area contributed by atoms with Gasteiger partial charge >= 0.3 is 0 Å². The first-order valence-electron chi connectivity index (χ1n) is 8.76. The zero-order chi connectivity index (χ0) is 17.0. The lowest BCUT2D eigenvalue weighted by Crippen LogP contribution is -2.44. The molecule has 0 aromatic heterocycles. The third-order valence-corrected chi connectivity index (χ3v) is 10.7. The molecule has 134 valence electrons. The molecule has 0 saturated carbocycles. The van der Waals surface area contributed by atoms with E-state index in [9.17, 15) is 0 Å². The van der Waals surface area contributed by atoms with Crippen molar-refractivity contribution in [1.29, 1.82) is 0 Å². The Morgan fingerprint density at radius 2 is 1.68 bits per heavy atom. The standard InChI is InChI=1S/C14H30O3Si.C2H8OSi/c1-6-17-18(12(2)3,13(4)5)9-7-8-15-10-14-11-16-14;1-2-3-4/h12-14H,6-11H2,1-5H3;2H2,1,4H3. The molecule has 0 spiro atoms. The van der Waals surface area contributed by atoms with Crippen molar-refractivity contribution in [1.82, 2.24) is 0 Å². The van der Waals surface area contributed by atoms with Gasteiger partial charge in [0, 0.05) is 19.8 Å². The van der Waals surface area contributed by atoms with E-state index in [-0.39, 0.29) is 0 Å². The van der Waals surface area contributed by atoms with Crippen molar-refractivity contribution in [2.75, 3.05) is 33.0 Å². The second kappa shape index (κ2) is 12.7. The minimum Gasteiger partial charge on any atom is -0.428 e. The van der Waals surface area contributed by atoms with E-state index in [4.69, 9.17) is 13.9 Å². The summed E-state index contributed by atoms with van der Waals surface area (Å²) in [5.74, 6) is 0. The average Bonchev–Trinajstić information content (AvgIpc) is 3.29. The Labute approximate surface area is 141 Å². The van der Waals surface area contributed by atoms with Crippen LogP contribution >= 0.6 is 0 Å². The van der Waals surface area contributed by atoms with Crippen LogP contribution < -0.4 is 0 Å². The van der Waals surface area contributed by atoms with Crippen molar-refractivity contribution >= 4 is 18.8 Å². The number of ether oxygens (including phenoxy) is 2. The summed E-state index contributed by atoms with van der Waals surface area (Å²) in [5, 5.41) is 0. The van der Waals surface area contributed by atoms with E-state index in [0.29, 0.717) is 17.2 Å². The topological polar surface area (TPSA) is 40.2 Å². The van der Waals surface area contributed by atoms with Gasteiger partial charge in [0.15, 0.2) is 8.32 Å². The van der Waals surface area contributed by atoms with Crippen molar-refractivity contribution in [3.63, 3.8) is 0 Å². The molecule has 1 fully saturated rings. The Morgan fingerprint density at radius 3 is 2.05 bits per heavy atom. The third-order valence-electron chi connectivity index (χ3n) is 4.22. The molecule has 0 N–H and O–H groups in total. The maximum absolute atomic E-state index is 6.25. The fraction of sp³-hybridized carbons (Fsp3) is 1.00. The van der Waals surface area contributed by atoms with Gasteiger partial charge in [-0.1, -0.05) is 27.7 Å². The number of rotatable bonds is 11. The van der Waals surface area contributed by atoms with Gasteiger partial charge < -0.3 is 18.3 Å². The van der Waals surface area contributed by atoms with Crippen molar-refractivity contribution in [2.45, 2.75) is 71.2 Å². The van der Waals surface area contributed by atoms with E-state index in [1.807, 2.05) is 6.92 Å². The molecule has 1 aliphatic rings. The van der Waals surface area contributed by atoms with Crippen LogP contribution in [0.25, 0.3) is 0 Å². The number of epoxide rings is 1. The Hall–Kier alpha value is 0.274. The van der Waals surface area contributed by atoms with Gasteiger partial charge in [0.1, 0.15) is 16.6 Å². The van der Waals surface area contributed by atoms with Gasteiger partial charge in [-0.3, -0.25) is 0 Å². The predicted molar refractivity (Wildman–Crippen MR) is 99.1 cm³/mol. The highest BCUT2D eigenvalue weighted by Crippen LogP contribution is 2.37. The SMILES string of the molecule is CCO[SiH3].CCO[Si](CCCOCC1CO1)(C(C)C)C(C)C. The minimum absolute atomic E-state index is 0.383. The van der Waals surface area contributed by atoms with Crippen LogP contribution in [0.15, 0.2) is 0 Å². The molecule has 1 aliphatic heterocycles. The van der Waals surface area contributed by atoms with Gasteiger partial charge in [0.2, 0.25) is 0 Å². The predicted octanol–water partition coefficient (Wildman–Crippen LogP) is 2.90. The smallest absolute Gasteiger partial charge is 0.197 e. The minimum atomic E-state index is -1.62. The number of hydrogen-bond acceptors (Lipinski definition) is 4. The molecule has 0 aromatic rings. The zero-order valence-electron chi connectivity index (χ0n) is 15.8. The average molecular weight is 351 g/mol. The fourth-order valence-corrected chi connectivity index (χ4v) is 7.28. The molecule has 1 atom stereocenters. The first-order chi connectivity index (χ1) is 10.4. The van der Waals surface area contributed by atoms with Crippen LogP contribution in [0.2, 0.25) is 17.1 Å². The van der Waals surface area contributed by atoms with Crippen molar-refractivity contribution in [3.05, 3.63) is 0 Å². The molecule has 22 heavy (non-hydrogen) atoms.